The van der Waals surface area contributed by atoms with E-state index in [0.29, 0.717) is 18.0 Å². The first-order chi connectivity index (χ1) is 14.7. The van der Waals surface area contributed by atoms with Crippen LogP contribution in [0, 0.1) is 6.92 Å². The standard InChI is InChI=1S/C23H23NO6S/c1-15-7-6-10-18-20(29-13-16-8-4-3-5-9-16)11-19-22(21(15)18)17(12-24(19)23(25)26)14-30-31(2,27)28/h3-11,17H,12-14H2,1-2H3,(H,25,26). The Bertz CT molecular complexity index is 1240. The molecule has 3 aromatic carbocycles. The minimum atomic E-state index is -3.65. The van der Waals surface area contributed by atoms with Gasteiger partial charge in [-0.2, -0.15) is 8.42 Å². The zero-order valence-corrected chi connectivity index (χ0v) is 18.1. The minimum Gasteiger partial charge on any atom is -0.488 e. The number of hydrogen-bond donors (Lipinski definition) is 1. The molecule has 0 fully saturated rings. The predicted octanol–water partition coefficient (Wildman–Crippen LogP) is 4.29. The summed E-state index contributed by atoms with van der Waals surface area (Å²) in [5.41, 5.74) is 3.22. The summed E-state index contributed by atoms with van der Waals surface area (Å²) < 4.78 is 34.3. The number of rotatable bonds is 6. The smallest absolute Gasteiger partial charge is 0.411 e. The molecule has 8 heteroatoms. The van der Waals surface area contributed by atoms with Crippen molar-refractivity contribution in [2.45, 2.75) is 19.4 Å². The van der Waals surface area contributed by atoms with E-state index >= 15 is 0 Å². The molecule has 0 saturated carbocycles. The van der Waals surface area contributed by atoms with Crippen LogP contribution in [0.4, 0.5) is 10.5 Å². The Morgan fingerprint density at radius 3 is 2.58 bits per heavy atom. The Kier molecular flexibility index (Phi) is 5.60. The average molecular weight is 442 g/mol. The highest BCUT2D eigenvalue weighted by Gasteiger charge is 2.36. The molecule has 0 bridgehead atoms. The Hall–Kier alpha value is -3.10. The van der Waals surface area contributed by atoms with Crippen LogP contribution in [0.3, 0.4) is 0 Å². The van der Waals surface area contributed by atoms with Crippen LogP contribution in [-0.2, 0) is 20.9 Å². The second-order valence-electron chi connectivity index (χ2n) is 7.66. The second-order valence-corrected chi connectivity index (χ2v) is 9.30. The monoisotopic (exact) mass is 441 g/mol. The maximum absolute atomic E-state index is 11.9. The van der Waals surface area contributed by atoms with Crippen molar-refractivity contribution in [1.82, 2.24) is 0 Å². The van der Waals surface area contributed by atoms with Gasteiger partial charge in [0, 0.05) is 23.9 Å². The maximum atomic E-state index is 11.9. The van der Waals surface area contributed by atoms with Crippen molar-refractivity contribution in [2.24, 2.45) is 0 Å². The molecule has 3 aromatic rings. The molecule has 1 unspecified atom stereocenters. The number of amides is 1. The van der Waals surface area contributed by atoms with E-state index in [1.54, 1.807) is 6.07 Å². The molecule has 1 atom stereocenters. The summed E-state index contributed by atoms with van der Waals surface area (Å²) in [5.74, 6) is 0.171. The molecule has 0 radical (unpaired) electrons. The third-order valence-electron chi connectivity index (χ3n) is 5.40. The number of nitrogens with zero attached hydrogens (tertiary/aromatic N) is 1. The van der Waals surface area contributed by atoms with E-state index < -0.39 is 22.1 Å². The van der Waals surface area contributed by atoms with E-state index in [9.17, 15) is 18.3 Å². The topological polar surface area (TPSA) is 93.1 Å². The third-order valence-corrected chi connectivity index (χ3v) is 5.97. The lowest BCUT2D eigenvalue weighted by molar-refractivity contribution is 0.201. The Labute approximate surface area is 180 Å². The van der Waals surface area contributed by atoms with Gasteiger partial charge in [0.1, 0.15) is 12.4 Å². The van der Waals surface area contributed by atoms with Crippen molar-refractivity contribution < 1.29 is 27.2 Å². The lowest BCUT2D eigenvalue weighted by Crippen LogP contribution is -2.29. The van der Waals surface area contributed by atoms with Crippen molar-refractivity contribution in [3.05, 3.63) is 71.3 Å². The van der Waals surface area contributed by atoms with Gasteiger partial charge in [0.15, 0.2) is 0 Å². The van der Waals surface area contributed by atoms with E-state index in [1.165, 1.54) is 4.90 Å². The molecular weight excluding hydrogens is 418 g/mol. The van der Waals surface area contributed by atoms with Crippen LogP contribution in [0.1, 0.15) is 22.6 Å². The van der Waals surface area contributed by atoms with Crippen molar-refractivity contribution in [3.8, 4) is 5.75 Å². The number of hydrogen-bond acceptors (Lipinski definition) is 5. The first kappa shape index (κ1) is 21.1. The number of carbonyl (C=O) groups is 1. The number of anilines is 1. The quantitative estimate of drug-likeness (QED) is 0.574. The van der Waals surface area contributed by atoms with E-state index in [0.717, 1.165) is 33.7 Å². The molecule has 0 aromatic heterocycles. The van der Waals surface area contributed by atoms with Gasteiger partial charge in [0.05, 0.1) is 18.6 Å². The zero-order valence-electron chi connectivity index (χ0n) is 17.2. The molecule has 1 amide bonds. The van der Waals surface area contributed by atoms with E-state index in [2.05, 4.69) is 0 Å². The number of carboxylic acid groups (broad SMARTS) is 1. The first-order valence-electron chi connectivity index (χ1n) is 9.82. The average Bonchev–Trinajstić information content (AvgIpc) is 3.09. The SMILES string of the molecule is Cc1cccc2c(OCc3ccccc3)cc3c(c12)C(COS(C)(=O)=O)CN3C(=O)O. The van der Waals surface area contributed by atoms with Crippen LogP contribution < -0.4 is 9.64 Å². The van der Waals surface area contributed by atoms with Gasteiger partial charge in [-0.05, 0) is 29.0 Å². The molecule has 1 aliphatic rings. The Morgan fingerprint density at radius 1 is 1.16 bits per heavy atom. The molecule has 0 saturated heterocycles. The fourth-order valence-electron chi connectivity index (χ4n) is 4.06. The third kappa shape index (κ3) is 4.35. The number of aryl methyl sites for hydroxylation is 1. The zero-order chi connectivity index (χ0) is 22.2. The molecule has 0 spiro atoms. The van der Waals surface area contributed by atoms with Crippen molar-refractivity contribution >= 4 is 32.7 Å². The van der Waals surface area contributed by atoms with Gasteiger partial charge in [-0.15, -0.1) is 0 Å². The van der Waals surface area contributed by atoms with Crippen LogP contribution >= 0.6 is 0 Å². The number of fused-ring (bicyclic) bond motifs is 3. The van der Waals surface area contributed by atoms with Gasteiger partial charge in [-0.1, -0.05) is 48.5 Å². The summed E-state index contributed by atoms with van der Waals surface area (Å²) >= 11 is 0. The van der Waals surface area contributed by atoms with E-state index in [1.807, 2.05) is 55.5 Å². The summed E-state index contributed by atoms with van der Waals surface area (Å²) in [6.45, 7) is 2.28. The molecular formula is C23H23NO6S. The molecule has 4 rings (SSSR count). The lowest BCUT2D eigenvalue weighted by Gasteiger charge is -2.18. The fraction of sp³-hybridized carbons (Fsp3) is 0.261. The summed E-state index contributed by atoms with van der Waals surface area (Å²) in [4.78, 5) is 13.2. The summed E-state index contributed by atoms with van der Waals surface area (Å²) in [6, 6.07) is 17.2. The first-order valence-corrected chi connectivity index (χ1v) is 11.6. The molecule has 162 valence electrons. The molecule has 1 heterocycles. The molecule has 1 aliphatic heterocycles. The highest BCUT2D eigenvalue weighted by Crippen LogP contribution is 2.46. The van der Waals surface area contributed by atoms with Gasteiger partial charge in [-0.3, -0.25) is 9.08 Å². The molecule has 0 aliphatic carbocycles. The van der Waals surface area contributed by atoms with E-state index in [-0.39, 0.29) is 13.2 Å². The minimum absolute atomic E-state index is 0.117. The van der Waals surface area contributed by atoms with Crippen molar-refractivity contribution in [1.29, 1.82) is 0 Å². The number of ether oxygens (including phenoxy) is 1. The van der Waals surface area contributed by atoms with Gasteiger partial charge < -0.3 is 9.84 Å². The number of benzene rings is 3. The van der Waals surface area contributed by atoms with Gasteiger partial charge >= 0.3 is 6.09 Å². The van der Waals surface area contributed by atoms with Crippen LogP contribution in [0.5, 0.6) is 5.75 Å². The largest absolute Gasteiger partial charge is 0.488 e. The summed E-state index contributed by atoms with van der Waals surface area (Å²) in [7, 11) is -3.65. The van der Waals surface area contributed by atoms with Crippen LogP contribution in [-0.4, -0.2) is 39.0 Å². The highest BCUT2D eigenvalue weighted by molar-refractivity contribution is 7.85. The second kappa shape index (κ2) is 8.20. The Balaban J connectivity index is 1.82. The predicted molar refractivity (Wildman–Crippen MR) is 118 cm³/mol. The highest BCUT2D eigenvalue weighted by atomic mass is 32.2. The maximum Gasteiger partial charge on any atom is 0.411 e. The normalized spacial score (nSPS) is 15.8. The summed E-state index contributed by atoms with van der Waals surface area (Å²) in [6.07, 6.45) is -0.119. The van der Waals surface area contributed by atoms with Crippen molar-refractivity contribution in [3.63, 3.8) is 0 Å². The van der Waals surface area contributed by atoms with Gasteiger partial charge in [0.2, 0.25) is 0 Å². The molecule has 7 nitrogen and oxygen atoms in total. The summed E-state index contributed by atoms with van der Waals surface area (Å²) in [5, 5.41) is 11.5. The van der Waals surface area contributed by atoms with Crippen LogP contribution in [0.25, 0.3) is 10.8 Å². The molecule has 1 N–H and O–H groups in total. The Morgan fingerprint density at radius 2 is 1.90 bits per heavy atom. The lowest BCUT2D eigenvalue weighted by atomic mass is 9.92. The van der Waals surface area contributed by atoms with Crippen LogP contribution in [0.15, 0.2) is 54.6 Å². The van der Waals surface area contributed by atoms with Crippen LogP contribution in [0.2, 0.25) is 0 Å². The van der Waals surface area contributed by atoms with Gasteiger partial charge in [0.25, 0.3) is 10.1 Å². The van der Waals surface area contributed by atoms with E-state index in [4.69, 9.17) is 8.92 Å². The fourth-order valence-corrected chi connectivity index (χ4v) is 4.47. The van der Waals surface area contributed by atoms with Crippen molar-refractivity contribution in [2.75, 3.05) is 24.3 Å². The van der Waals surface area contributed by atoms with Gasteiger partial charge in [-0.25, -0.2) is 4.79 Å². The molecule has 31 heavy (non-hydrogen) atoms.